The van der Waals surface area contributed by atoms with E-state index in [4.69, 9.17) is 0 Å². The lowest BCUT2D eigenvalue weighted by Crippen LogP contribution is -2.27. The molecule has 2 heterocycles. The predicted octanol–water partition coefficient (Wildman–Crippen LogP) is 1.67. The summed E-state index contributed by atoms with van der Waals surface area (Å²) < 4.78 is 0. The molecule has 0 saturated carbocycles. The zero-order chi connectivity index (χ0) is 10.3. The molecular formula is C11H10N2OS. The van der Waals surface area contributed by atoms with Gasteiger partial charge in [0.05, 0.1) is 0 Å². The number of carbonyl (C=O) groups is 1. The Labute approximate surface area is 92.2 Å². The third-order valence-corrected chi connectivity index (χ3v) is 3.65. The van der Waals surface area contributed by atoms with E-state index in [9.17, 15) is 4.79 Å². The number of amides is 1. The van der Waals surface area contributed by atoms with E-state index in [1.807, 2.05) is 30.3 Å². The fraction of sp³-hybridized carbons (Fsp3) is 0.273. The van der Waals surface area contributed by atoms with Crippen molar-refractivity contribution < 1.29 is 4.79 Å². The van der Waals surface area contributed by atoms with Gasteiger partial charge in [-0.1, -0.05) is 42.1 Å². The number of benzene rings is 1. The molecule has 1 fully saturated rings. The number of fused-ring (bicyclic) bond motifs is 1. The molecule has 1 aromatic carbocycles. The summed E-state index contributed by atoms with van der Waals surface area (Å²) >= 11 is 1.67. The third kappa shape index (κ3) is 1.36. The number of aliphatic imine (C=N–C) groups is 1. The maximum absolute atomic E-state index is 11.7. The number of thioether (sulfide) groups is 1. The van der Waals surface area contributed by atoms with Crippen LogP contribution < -0.4 is 0 Å². The molecule has 3 nitrogen and oxygen atoms in total. The molecule has 76 valence electrons. The number of amidine groups is 1. The molecule has 0 radical (unpaired) electrons. The van der Waals surface area contributed by atoms with E-state index in [1.165, 1.54) is 0 Å². The molecule has 0 spiro atoms. The van der Waals surface area contributed by atoms with Crippen molar-refractivity contribution in [3.05, 3.63) is 35.9 Å². The number of carbonyl (C=O) groups excluding carboxylic acids is 1. The first-order valence-corrected chi connectivity index (χ1v) is 5.92. The molecule has 1 atom stereocenters. The van der Waals surface area contributed by atoms with Gasteiger partial charge >= 0.3 is 0 Å². The second kappa shape index (κ2) is 3.38. The maximum atomic E-state index is 11.7. The van der Waals surface area contributed by atoms with Gasteiger partial charge in [0.1, 0.15) is 6.04 Å². The van der Waals surface area contributed by atoms with Crippen LogP contribution in [0.2, 0.25) is 0 Å². The highest BCUT2D eigenvalue weighted by Crippen LogP contribution is 2.34. The van der Waals surface area contributed by atoms with Crippen LogP contribution in [-0.4, -0.2) is 28.3 Å². The van der Waals surface area contributed by atoms with Crippen LogP contribution in [0.3, 0.4) is 0 Å². The molecule has 1 amide bonds. The lowest BCUT2D eigenvalue weighted by Gasteiger charge is -2.20. The SMILES string of the molecule is O=C1N=C2SCCN2[C@@H]1c1ccccc1. The zero-order valence-corrected chi connectivity index (χ0v) is 8.91. The van der Waals surface area contributed by atoms with E-state index in [0.717, 1.165) is 23.0 Å². The van der Waals surface area contributed by atoms with Crippen LogP contribution in [0, 0.1) is 0 Å². The lowest BCUT2D eigenvalue weighted by atomic mass is 10.1. The fourth-order valence-corrected chi connectivity index (χ4v) is 2.98. The highest BCUT2D eigenvalue weighted by molar-refractivity contribution is 8.14. The molecular weight excluding hydrogens is 208 g/mol. The van der Waals surface area contributed by atoms with E-state index in [2.05, 4.69) is 9.89 Å². The van der Waals surface area contributed by atoms with Crippen molar-refractivity contribution in [2.45, 2.75) is 6.04 Å². The van der Waals surface area contributed by atoms with Gasteiger partial charge in [-0.3, -0.25) is 4.79 Å². The summed E-state index contributed by atoms with van der Waals surface area (Å²) in [5.41, 5.74) is 1.05. The molecule has 4 heteroatoms. The largest absolute Gasteiger partial charge is 0.334 e. The molecule has 0 bridgehead atoms. The Morgan fingerprint density at radius 2 is 2.13 bits per heavy atom. The van der Waals surface area contributed by atoms with Crippen molar-refractivity contribution in [1.29, 1.82) is 0 Å². The highest BCUT2D eigenvalue weighted by atomic mass is 32.2. The van der Waals surface area contributed by atoms with Gasteiger partial charge in [0, 0.05) is 12.3 Å². The first kappa shape index (κ1) is 8.97. The second-order valence-corrected chi connectivity index (χ2v) is 4.65. The Morgan fingerprint density at radius 1 is 1.33 bits per heavy atom. The van der Waals surface area contributed by atoms with Gasteiger partial charge in [0.2, 0.25) is 0 Å². The second-order valence-electron chi connectivity index (χ2n) is 3.59. The molecule has 1 aromatic rings. The molecule has 15 heavy (non-hydrogen) atoms. The van der Waals surface area contributed by atoms with E-state index in [0.29, 0.717) is 0 Å². The Balaban J connectivity index is 1.98. The summed E-state index contributed by atoms with van der Waals surface area (Å²) in [7, 11) is 0. The number of nitrogens with zero attached hydrogens (tertiary/aromatic N) is 2. The minimum absolute atomic E-state index is 0.0246. The van der Waals surface area contributed by atoms with Gasteiger partial charge in [-0.15, -0.1) is 0 Å². The normalized spacial score (nSPS) is 24.3. The monoisotopic (exact) mass is 218 g/mol. The Morgan fingerprint density at radius 3 is 2.93 bits per heavy atom. The highest BCUT2D eigenvalue weighted by Gasteiger charge is 2.38. The molecule has 0 N–H and O–H groups in total. The topological polar surface area (TPSA) is 32.7 Å². The number of hydrogen-bond donors (Lipinski definition) is 0. The quantitative estimate of drug-likeness (QED) is 0.719. The molecule has 0 unspecified atom stereocenters. The number of hydrogen-bond acceptors (Lipinski definition) is 3. The third-order valence-electron chi connectivity index (χ3n) is 2.68. The minimum Gasteiger partial charge on any atom is -0.334 e. The molecule has 0 aliphatic carbocycles. The van der Waals surface area contributed by atoms with Crippen LogP contribution in [0.15, 0.2) is 35.3 Å². The average molecular weight is 218 g/mol. The van der Waals surface area contributed by atoms with Crippen molar-refractivity contribution in [3.63, 3.8) is 0 Å². The summed E-state index contributed by atoms with van der Waals surface area (Å²) in [6.45, 7) is 0.925. The van der Waals surface area contributed by atoms with Gasteiger partial charge in [-0.25, -0.2) is 0 Å². The predicted molar refractivity (Wildman–Crippen MR) is 60.8 cm³/mol. The van der Waals surface area contributed by atoms with E-state index < -0.39 is 0 Å². The van der Waals surface area contributed by atoms with Crippen LogP contribution in [0.4, 0.5) is 0 Å². The van der Waals surface area contributed by atoms with Crippen molar-refractivity contribution >= 4 is 22.8 Å². The van der Waals surface area contributed by atoms with Crippen molar-refractivity contribution in [3.8, 4) is 0 Å². The molecule has 2 aliphatic heterocycles. The average Bonchev–Trinajstić information content (AvgIpc) is 2.78. The fourth-order valence-electron chi connectivity index (χ4n) is 2.00. The minimum atomic E-state index is -0.170. The van der Waals surface area contributed by atoms with Gasteiger partial charge in [0.15, 0.2) is 5.17 Å². The molecule has 1 saturated heterocycles. The summed E-state index contributed by atoms with van der Waals surface area (Å²) in [5.74, 6) is 1.01. The van der Waals surface area contributed by atoms with E-state index in [-0.39, 0.29) is 11.9 Å². The summed E-state index contributed by atoms with van der Waals surface area (Å²) in [6, 6.07) is 9.70. The zero-order valence-electron chi connectivity index (χ0n) is 8.09. The van der Waals surface area contributed by atoms with Crippen molar-refractivity contribution in [1.82, 2.24) is 4.90 Å². The van der Waals surface area contributed by atoms with Crippen LogP contribution in [0.1, 0.15) is 11.6 Å². The van der Waals surface area contributed by atoms with Gasteiger partial charge in [-0.05, 0) is 5.56 Å². The van der Waals surface area contributed by atoms with Crippen molar-refractivity contribution in [2.24, 2.45) is 4.99 Å². The van der Waals surface area contributed by atoms with Crippen molar-refractivity contribution in [2.75, 3.05) is 12.3 Å². The smallest absolute Gasteiger partial charge is 0.275 e. The van der Waals surface area contributed by atoms with E-state index >= 15 is 0 Å². The maximum Gasteiger partial charge on any atom is 0.275 e. The van der Waals surface area contributed by atoms with Gasteiger partial charge < -0.3 is 4.90 Å². The Kier molecular flexibility index (Phi) is 2.02. The summed E-state index contributed by atoms with van der Waals surface area (Å²) in [5, 5.41) is 0.897. The Hall–Kier alpha value is -1.29. The van der Waals surface area contributed by atoms with Crippen LogP contribution >= 0.6 is 11.8 Å². The van der Waals surface area contributed by atoms with Gasteiger partial charge in [0.25, 0.3) is 5.91 Å². The molecule has 2 aliphatic rings. The lowest BCUT2D eigenvalue weighted by molar-refractivity contribution is -0.120. The number of rotatable bonds is 1. The first-order chi connectivity index (χ1) is 7.36. The van der Waals surface area contributed by atoms with Crippen LogP contribution in [0.5, 0.6) is 0 Å². The standard InChI is InChI=1S/C11H10N2OS/c14-10-9(8-4-2-1-3-5-8)13-6-7-15-11(13)12-10/h1-5,9H,6-7H2/t9-/m1/s1. The molecule has 3 rings (SSSR count). The van der Waals surface area contributed by atoms with Gasteiger partial charge in [-0.2, -0.15) is 4.99 Å². The van der Waals surface area contributed by atoms with Crippen LogP contribution in [0.25, 0.3) is 0 Å². The summed E-state index contributed by atoms with van der Waals surface area (Å²) in [4.78, 5) is 17.9. The van der Waals surface area contributed by atoms with Crippen LogP contribution in [-0.2, 0) is 4.79 Å². The summed E-state index contributed by atoms with van der Waals surface area (Å²) in [6.07, 6.45) is 0. The molecule has 0 aromatic heterocycles. The van der Waals surface area contributed by atoms with E-state index in [1.54, 1.807) is 11.8 Å². The first-order valence-electron chi connectivity index (χ1n) is 4.93. The Bertz CT molecular complexity index is 429.